The molecular weight excluding hydrogens is 240 g/mol. The summed E-state index contributed by atoms with van der Waals surface area (Å²) in [6.07, 6.45) is 1.71. The van der Waals surface area contributed by atoms with E-state index in [4.69, 9.17) is 11.6 Å². The third kappa shape index (κ3) is 2.10. The van der Waals surface area contributed by atoms with Gasteiger partial charge in [-0.3, -0.25) is 4.79 Å². The van der Waals surface area contributed by atoms with Gasteiger partial charge in [0.15, 0.2) is 5.65 Å². The Kier molecular flexibility index (Phi) is 3.28. The van der Waals surface area contributed by atoms with Crippen LogP contribution in [0.1, 0.15) is 11.4 Å². The number of amides is 1. The minimum atomic E-state index is -0.0982. The number of hydrogen-bond donors (Lipinski definition) is 1. The fraction of sp³-hybridized carbons (Fsp3) is 0.364. The maximum Gasteiger partial charge on any atom is 0.239 e. The van der Waals surface area contributed by atoms with Crippen LogP contribution in [0.2, 0.25) is 0 Å². The van der Waals surface area contributed by atoms with E-state index in [1.165, 1.54) is 0 Å². The molecule has 0 fully saturated rings. The summed E-state index contributed by atoms with van der Waals surface area (Å²) in [5.74, 6) is 0.818. The van der Waals surface area contributed by atoms with Crippen LogP contribution in [0, 0.1) is 6.92 Å². The molecule has 0 saturated carbocycles. The van der Waals surface area contributed by atoms with Gasteiger partial charge in [-0.1, -0.05) is 0 Å². The summed E-state index contributed by atoms with van der Waals surface area (Å²) >= 11 is 5.84. The highest BCUT2D eigenvalue weighted by Crippen LogP contribution is 2.18. The zero-order valence-corrected chi connectivity index (χ0v) is 10.5. The number of halogens is 1. The second kappa shape index (κ2) is 4.71. The first kappa shape index (κ1) is 11.9. The molecule has 0 radical (unpaired) electrons. The summed E-state index contributed by atoms with van der Waals surface area (Å²) in [7, 11) is 1.60. The summed E-state index contributed by atoms with van der Waals surface area (Å²) < 4.78 is 1.74. The topological polar surface area (TPSA) is 59.8 Å². The molecule has 90 valence electrons. The normalized spacial score (nSPS) is 10.8. The van der Waals surface area contributed by atoms with Crippen LogP contribution in [0.25, 0.3) is 11.2 Å². The number of pyridine rings is 1. The first-order valence-electron chi connectivity index (χ1n) is 5.24. The second-order valence-electron chi connectivity index (χ2n) is 3.72. The Hall–Kier alpha value is -1.62. The van der Waals surface area contributed by atoms with Crippen molar-refractivity contribution in [2.45, 2.75) is 19.3 Å². The lowest BCUT2D eigenvalue weighted by Crippen LogP contribution is -2.24. The highest BCUT2D eigenvalue weighted by molar-refractivity contribution is 6.16. The summed E-state index contributed by atoms with van der Waals surface area (Å²) in [5, 5.41) is 2.58. The molecule has 0 atom stereocenters. The van der Waals surface area contributed by atoms with Crippen molar-refractivity contribution in [1.29, 1.82) is 0 Å². The van der Waals surface area contributed by atoms with Gasteiger partial charge in [-0.2, -0.15) is 0 Å². The van der Waals surface area contributed by atoms with E-state index in [1.54, 1.807) is 17.8 Å². The first-order chi connectivity index (χ1) is 8.17. The van der Waals surface area contributed by atoms with Crippen LogP contribution >= 0.6 is 11.6 Å². The average Bonchev–Trinajstić information content (AvgIpc) is 2.69. The van der Waals surface area contributed by atoms with Gasteiger partial charge in [-0.15, -0.1) is 11.6 Å². The van der Waals surface area contributed by atoms with E-state index in [2.05, 4.69) is 15.3 Å². The molecule has 0 spiro atoms. The molecule has 2 heterocycles. The van der Waals surface area contributed by atoms with Gasteiger partial charge in [0.1, 0.15) is 17.9 Å². The Morgan fingerprint density at radius 3 is 3.00 bits per heavy atom. The monoisotopic (exact) mass is 252 g/mol. The first-order valence-corrected chi connectivity index (χ1v) is 5.78. The number of aromatic nitrogens is 3. The molecule has 1 N–H and O–H groups in total. The number of fused-ring (bicyclic) bond motifs is 1. The third-order valence-corrected chi connectivity index (χ3v) is 2.85. The largest absolute Gasteiger partial charge is 0.358 e. The van der Waals surface area contributed by atoms with Crippen molar-refractivity contribution in [1.82, 2.24) is 19.9 Å². The van der Waals surface area contributed by atoms with Crippen LogP contribution < -0.4 is 5.32 Å². The number of nitrogens with one attached hydrogen (secondary N) is 1. The van der Waals surface area contributed by atoms with Gasteiger partial charge in [0.2, 0.25) is 5.91 Å². The molecule has 2 rings (SSSR count). The molecular formula is C11H13ClN4O. The van der Waals surface area contributed by atoms with Crippen molar-refractivity contribution in [3.8, 4) is 0 Å². The zero-order valence-electron chi connectivity index (χ0n) is 9.70. The minimum absolute atomic E-state index is 0.0982. The van der Waals surface area contributed by atoms with E-state index in [0.29, 0.717) is 11.5 Å². The fourth-order valence-corrected chi connectivity index (χ4v) is 1.88. The molecule has 0 aliphatic heterocycles. The van der Waals surface area contributed by atoms with Crippen LogP contribution in [-0.4, -0.2) is 27.5 Å². The molecule has 6 heteroatoms. The maximum atomic E-state index is 11.4. The number of rotatable bonds is 3. The maximum absolute atomic E-state index is 11.4. The predicted octanol–water partition coefficient (Wildman–Crippen LogP) is 1.22. The van der Waals surface area contributed by atoms with E-state index < -0.39 is 0 Å². The van der Waals surface area contributed by atoms with E-state index in [0.717, 1.165) is 11.1 Å². The van der Waals surface area contributed by atoms with Crippen LogP contribution in [-0.2, 0) is 17.2 Å². The third-order valence-electron chi connectivity index (χ3n) is 2.61. The van der Waals surface area contributed by atoms with Crippen LogP contribution in [0.15, 0.2) is 12.3 Å². The quantitative estimate of drug-likeness (QED) is 0.836. The molecule has 1 amide bonds. The molecule has 0 bridgehead atoms. The lowest BCUT2D eigenvalue weighted by Gasteiger charge is -2.05. The highest BCUT2D eigenvalue weighted by atomic mass is 35.5. The number of carbonyl (C=O) groups is 1. The van der Waals surface area contributed by atoms with Gasteiger partial charge in [0.25, 0.3) is 0 Å². The summed E-state index contributed by atoms with van der Waals surface area (Å²) in [4.78, 5) is 20.1. The zero-order chi connectivity index (χ0) is 12.4. The molecule has 2 aromatic heterocycles. The molecule has 0 aliphatic rings. The van der Waals surface area contributed by atoms with Crippen LogP contribution in [0.4, 0.5) is 0 Å². The van der Waals surface area contributed by atoms with Crippen LogP contribution in [0.5, 0.6) is 0 Å². The van der Waals surface area contributed by atoms with E-state index in [1.807, 2.05) is 13.0 Å². The van der Waals surface area contributed by atoms with Gasteiger partial charge in [-0.05, 0) is 18.6 Å². The second-order valence-corrected chi connectivity index (χ2v) is 3.99. The van der Waals surface area contributed by atoms with Crippen molar-refractivity contribution in [2.24, 2.45) is 0 Å². The molecule has 0 unspecified atom stereocenters. The van der Waals surface area contributed by atoms with E-state index >= 15 is 0 Å². The van der Waals surface area contributed by atoms with Gasteiger partial charge >= 0.3 is 0 Å². The Balaban J connectivity index is 2.58. The van der Waals surface area contributed by atoms with Crippen molar-refractivity contribution in [3.05, 3.63) is 23.7 Å². The molecule has 2 aromatic rings. The number of carbonyl (C=O) groups excluding carboxylic acids is 1. The highest BCUT2D eigenvalue weighted by Gasteiger charge is 2.14. The van der Waals surface area contributed by atoms with E-state index in [9.17, 15) is 4.79 Å². The Labute approximate surface area is 104 Å². The predicted molar refractivity (Wildman–Crippen MR) is 65.9 cm³/mol. The van der Waals surface area contributed by atoms with Gasteiger partial charge in [0, 0.05) is 13.2 Å². The Bertz CT molecular complexity index is 564. The number of hydrogen-bond acceptors (Lipinski definition) is 3. The molecule has 0 aliphatic carbocycles. The van der Waals surface area contributed by atoms with Crippen molar-refractivity contribution < 1.29 is 4.79 Å². The standard InChI is InChI=1S/C11H13ClN4O/c1-7-3-4-14-11-10(7)15-8(5-12)16(11)6-9(17)13-2/h3-4H,5-6H2,1-2H3,(H,13,17). The number of likely N-dealkylation sites (N-methyl/N-ethyl adjacent to an activating group) is 1. The summed E-state index contributed by atoms with van der Waals surface area (Å²) in [6, 6.07) is 1.89. The van der Waals surface area contributed by atoms with E-state index in [-0.39, 0.29) is 18.3 Å². The van der Waals surface area contributed by atoms with Gasteiger partial charge in [0.05, 0.1) is 5.88 Å². The summed E-state index contributed by atoms with van der Waals surface area (Å²) in [6.45, 7) is 2.14. The molecule has 17 heavy (non-hydrogen) atoms. The summed E-state index contributed by atoms with van der Waals surface area (Å²) in [5.41, 5.74) is 2.52. The smallest absolute Gasteiger partial charge is 0.239 e. The number of alkyl halides is 1. The molecule has 0 aromatic carbocycles. The van der Waals surface area contributed by atoms with Crippen molar-refractivity contribution >= 4 is 28.7 Å². The van der Waals surface area contributed by atoms with Crippen molar-refractivity contribution in [2.75, 3.05) is 7.05 Å². The average molecular weight is 253 g/mol. The molecule has 0 saturated heterocycles. The fourth-order valence-electron chi connectivity index (χ4n) is 1.67. The minimum Gasteiger partial charge on any atom is -0.358 e. The molecule has 5 nitrogen and oxygen atoms in total. The number of nitrogens with zero attached hydrogens (tertiary/aromatic N) is 3. The lowest BCUT2D eigenvalue weighted by atomic mass is 10.3. The Morgan fingerprint density at radius 1 is 1.59 bits per heavy atom. The van der Waals surface area contributed by atoms with Gasteiger partial charge in [-0.25, -0.2) is 9.97 Å². The van der Waals surface area contributed by atoms with Crippen LogP contribution in [0.3, 0.4) is 0 Å². The lowest BCUT2D eigenvalue weighted by molar-refractivity contribution is -0.121. The number of aryl methyl sites for hydroxylation is 1. The SMILES string of the molecule is CNC(=O)Cn1c(CCl)nc2c(C)ccnc21. The number of imidazole rings is 1. The Morgan fingerprint density at radius 2 is 2.35 bits per heavy atom. The van der Waals surface area contributed by atoms with Gasteiger partial charge < -0.3 is 9.88 Å². The van der Waals surface area contributed by atoms with Crippen molar-refractivity contribution in [3.63, 3.8) is 0 Å².